The van der Waals surface area contributed by atoms with Gasteiger partial charge < -0.3 is 4.74 Å². The van der Waals surface area contributed by atoms with Crippen molar-refractivity contribution in [2.24, 2.45) is 0 Å². The van der Waals surface area contributed by atoms with Gasteiger partial charge in [0.2, 0.25) is 0 Å². The Balaban J connectivity index is 1.92. The van der Waals surface area contributed by atoms with Crippen molar-refractivity contribution in [3.63, 3.8) is 0 Å². The van der Waals surface area contributed by atoms with Crippen molar-refractivity contribution in [3.8, 4) is 0 Å². The first-order valence-corrected chi connectivity index (χ1v) is 9.92. The molecule has 0 atom stereocenters. The minimum absolute atomic E-state index is 0.283. The highest BCUT2D eigenvalue weighted by Crippen LogP contribution is 2.24. The van der Waals surface area contributed by atoms with Crippen LogP contribution in [0, 0.1) is 0 Å². The third-order valence-electron chi connectivity index (χ3n) is 3.87. The number of esters is 1. The standard InChI is InChI=1S/C20H24O2Si/c1-16(2)20(21)22-14-9-15-23-19(17-10-5-3-6-11-17)18-12-7-4-8-13-18/h3-8,10-13,19H,1,9,14-15,23H2,2H3. The van der Waals surface area contributed by atoms with Gasteiger partial charge in [0, 0.05) is 15.1 Å². The molecule has 0 N–H and O–H groups in total. The molecule has 2 aromatic rings. The lowest BCUT2D eigenvalue weighted by molar-refractivity contribution is -0.138. The first-order valence-electron chi connectivity index (χ1n) is 8.11. The van der Waals surface area contributed by atoms with Crippen molar-refractivity contribution in [3.05, 3.63) is 83.9 Å². The molecule has 0 radical (unpaired) electrons. The van der Waals surface area contributed by atoms with Crippen molar-refractivity contribution in [1.82, 2.24) is 0 Å². The molecule has 23 heavy (non-hydrogen) atoms. The molecule has 3 heteroatoms. The molecule has 0 aliphatic heterocycles. The first kappa shape index (κ1) is 17.2. The zero-order valence-corrected chi connectivity index (χ0v) is 15.1. The molecule has 0 fully saturated rings. The van der Waals surface area contributed by atoms with Gasteiger partial charge in [0.1, 0.15) is 0 Å². The highest BCUT2D eigenvalue weighted by molar-refractivity contribution is 6.39. The Labute approximate surface area is 141 Å². The second-order valence-corrected chi connectivity index (χ2v) is 7.89. The third kappa shape index (κ3) is 5.53. The van der Waals surface area contributed by atoms with Crippen molar-refractivity contribution in [1.29, 1.82) is 0 Å². The van der Waals surface area contributed by atoms with Crippen LogP contribution in [0.4, 0.5) is 0 Å². The number of rotatable bonds is 8. The number of hydrogen-bond donors (Lipinski definition) is 0. The summed E-state index contributed by atoms with van der Waals surface area (Å²) in [6, 6.07) is 22.5. The molecular formula is C20H24O2Si. The van der Waals surface area contributed by atoms with E-state index in [2.05, 4.69) is 67.2 Å². The Morgan fingerprint density at radius 3 is 2.04 bits per heavy atom. The second kappa shape index (κ2) is 9.11. The minimum atomic E-state index is -0.349. The van der Waals surface area contributed by atoms with Gasteiger partial charge in [-0.05, 0) is 30.0 Å². The van der Waals surface area contributed by atoms with Crippen LogP contribution in [0.5, 0.6) is 0 Å². The van der Waals surface area contributed by atoms with E-state index in [0.29, 0.717) is 17.7 Å². The average molecular weight is 324 g/mol. The SMILES string of the molecule is C=C(C)C(=O)OCCC[SiH2]C(c1ccccc1)c1ccccc1. The second-order valence-electron chi connectivity index (χ2n) is 5.79. The van der Waals surface area contributed by atoms with Crippen molar-refractivity contribution >= 4 is 15.5 Å². The molecule has 0 bridgehead atoms. The topological polar surface area (TPSA) is 26.3 Å². The minimum Gasteiger partial charge on any atom is -0.462 e. The summed E-state index contributed by atoms with van der Waals surface area (Å²) < 4.78 is 5.18. The number of benzene rings is 2. The summed E-state index contributed by atoms with van der Waals surface area (Å²) in [6.07, 6.45) is 0.932. The molecule has 0 saturated carbocycles. The molecule has 120 valence electrons. The van der Waals surface area contributed by atoms with Crippen LogP contribution in [0.25, 0.3) is 0 Å². The van der Waals surface area contributed by atoms with E-state index in [9.17, 15) is 4.79 Å². The maximum absolute atomic E-state index is 11.4. The van der Waals surface area contributed by atoms with Crippen molar-refractivity contribution < 1.29 is 9.53 Å². The largest absolute Gasteiger partial charge is 0.462 e. The zero-order chi connectivity index (χ0) is 16.5. The highest BCUT2D eigenvalue weighted by atomic mass is 28.2. The van der Waals surface area contributed by atoms with E-state index in [1.165, 1.54) is 11.1 Å². The maximum atomic E-state index is 11.4. The van der Waals surface area contributed by atoms with Crippen LogP contribution < -0.4 is 0 Å². The Morgan fingerprint density at radius 2 is 1.57 bits per heavy atom. The van der Waals surface area contributed by atoms with Gasteiger partial charge in [0.15, 0.2) is 0 Å². The molecule has 2 rings (SSSR count). The molecule has 0 heterocycles. The van der Waals surface area contributed by atoms with Gasteiger partial charge in [0.05, 0.1) is 6.61 Å². The monoisotopic (exact) mass is 324 g/mol. The number of carbonyl (C=O) groups excluding carboxylic acids is 1. The molecule has 0 aromatic heterocycles. The lowest BCUT2D eigenvalue weighted by atomic mass is 10.0. The van der Waals surface area contributed by atoms with Crippen LogP contribution in [-0.2, 0) is 9.53 Å². The quantitative estimate of drug-likeness (QED) is 0.319. The van der Waals surface area contributed by atoms with E-state index in [4.69, 9.17) is 4.74 Å². The van der Waals surface area contributed by atoms with Crippen LogP contribution >= 0.6 is 0 Å². The first-order chi connectivity index (χ1) is 11.2. The highest BCUT2D eigenvalue weighted by Gasteiger charge is 2.14. The molecule has 0 amide bonds. The summed E-state index contributed by atoms with van der Waals surface area (Å²) in [5.41, 5.74) is 3.77. The van der Waals surface area contributed by atoms with Gasteiger partial charge in [-0.15, -0.1) is 0 Å². The predicted molar refractivity (Wildman–Crippen MR) is 98.5 cm³/mol. The van der Waals surface area contributed by atoms with E-state index in [-0.39, 0.29) is 15.5 Å². The number of ether oxygens (including phenoxy) is 1. The normalized spacial score (nSPS) is 11.0. The molecule has 0 aliphatic rings. The molecule has 0 aliphatic carbocycles. The summed E-state index contributed by atoms with van der Waals surface area (Å²) >= 11 is 0. The summed E-state index contributed by atoms with van der Waals surface area (Å²) in [5, 5.41) is 0. The van der Waals surface area contributed by atoms with Crippen molar-refractivity contribution in [2.75, 3.05) is 6.61 Å². The third-order valence-corrected chi connectivity index (χ3v) is 6.30. The van der Waals surface area contributed by atoms with E-state index in [0.717, 1.165) is 12.5 Å². The average Bonchev–Trinajstić information content (AvgIpc) is 2.59. The summed E-state index contributed by atoms with van der Waals surface area (Å²) in [5.74, 6) is -0.283. The summed E-state index contributed by atoms with van der Waals surface area (Å²) in [7, 11) is -0.349. The van der Waals surface area contributed by atoms with Crippen LogP contribution in [0.2, 0.25) is 6.04 Å². The smallest absolute Gasteiger partial charge is 0.333 e. The van der Waals surface area contributed by atoms with Crippen molar-refractivity contribution in [2.45, 2.75) is 24.9 Å². The molecule has 0 spiro atoms. The molecule has 0 unspecified atom stereocenters. The lowest BCUT2D eigenvalue weighted by Gasteiger charge is -2.17. The molecular weight excluding hydrogens is 300 g/mol. The van der Waals surface area contributed by atoms with Gasteiger partial charge >= 0.3 is 5.97 Å². The van der Waals surface area contributed by atoms with E-state index in [1.54, 1.807) is 6.92 Å². The van der Waals surface area contributed by atoms with Gasteiger partial charge in [-0.2, -0.15) is 0 Å². The summed E-state index contributed by atoms with van der Waals surface area (Å²) in [4.78, 5) is 11.4. The Hall–Kier alpha value is -2.13. The number of carbonyl (C=O) groups is 1. The Kier molecular flexibility index (Phi) is 6.82. The number of hydrogen-bond acceptors (Lipinski definition) is 2. The van der Waals surface area contributed by atoms with Crippen LogP contribution in [0.3, 0.4) is 0 Å². The maximum Gasteiger partial charge on any atom is 0.333 e. The van der Waals surface area contributed by atoms with E-state index in [1.807, 2.05) is 0 Å². The van der Waals surface area contributed by atoms with Gasteiger partial charge in [0.25, 0.3) is 0 Å². The fourth-order valence-electron chi connectivity index (χ4n) is 2.64. The van der Waals surface area contributed by atoms with E-state index >= 15 is 0 Å². The fourth-order valence-corrected chi connectivity index (χ4v) is 4.75. The Bertz CT molecular complexity index is 583. The van der Waals surface area contributed by atoms with Gasteiger partial charge in [-0.25, -0.2) is 4.79 Å². The van der Waals surface area contributed by atoms with Crippen LogP contribution in [0.15, 0.2) is 72.8 Å². The molecule has 0 saturated heterocycles. The zero-order valence-electron chi connectivity index (χ0n) is 13.7. The Morgan fingerprint density at radius 1 is 1.04 bits per heavy atom. The fraction of sp³-hybridized carbons (Fsp3) is 0.250. The van der Waals surface area contributed by atoms with Gasteiger partial charge in [-0.3, -0.25) is 0 Å². The lowest BCUT2D eigenvalue weighted by Crippen LogP contribution is -2.12. The predicted octanol–water partition coefficient (Wildman–Crippen LogP) is 3.87. The van der Waals surface area contributed by atoms with Crippen LogP contribution in [0.1, 0.15) is 30.0 Å². The molecule has 2 aromatic carbocycles. The van der Waals surface area contributed by atoms with E-state index < -0.39 is 0 Å². The van der Waals surface area contributed by atoms with Gasteiger partial charge in [-0.1, -0.05) is 73.3 Å². The van der Waals surface area contributed by atoms with Crippen LogP contribution in [-0.4, -0.2) is 22.1 Å². The summed E-state index contributed by atoms with van der Waals surface area (Å²) in [6.45, 7) is 5.77. The molecule has 2 nitrogen and oxygen atoms in total.